The van der Waals surface area contributed by atoms with Crippen molar-refractivity contribution in [2.45, 2.75) is 164 Å². The third kappa shape index (κ3) is 13.2. The van der Waals surface area contributed by atoms with E-state index in [-0.39, 0.29) is 43.6 Å². The molecule has 12 rings (SSSR count). The molecule has 6 saturated heterocycles. The molecule has 3 unspecified atom stereocenters. The van der Waals surface area contributed by atoms with Crippen LogP contribution in [0.4, 0.5) is 20.4 Å². The largest absolute Gasteiger partial charge is 0.469 e. The van der Waals surface area contributed by atoms with Crippen molar-refractivity contribution >= 4 is 55.5 Å². The number of imidazole rings is 2. The van der Waals surface area contributed by atoms with E-state index < -0.39 is 88.9 Å². The second kappa shape index (κ2) is 23.8. The predicted molar refractivity (Wildman–Crippen MR) is 278 cm³/mol. The van der Waals surface area contributed by atoms with Crippen molar-refractivity contribution in [2.24, 2.45) is 4.99 Å². The van der Waals surface area contributed by atoms with Crippen molar-refractivity contribution in [1.29, 1.82) is 0 Å². The molecular formula is C47H72F2N14O15P2. The fourth-order valence-corrected chi connectivity index (χ4v) is 12.7. The Hall–Kier alpha value is -4.27. The highest BCUT2D eigenvalue weighted by Gasteiger charge is 2.67. The number of rotatable bonds is 11. The molecule has 444 valence electrons. The number of aliphatic imine (C=N–C) groups is 1. The summed E-state index contributed by atoms with van der Waals surface area (Å²) in [5.41, 5.74) is 12.8. The molecule has 6 aliphatic heterocycles. The number of nitrogen functional groups attached to an aromatic ring is 2. The van der Waals surface area contributed by atoms with E-state index in [1.54, 1.807) is 27.7 Å². The van der Waals surface area contributed by atoms with Gasteiger partial charge in [-0.25, -0.2) is 57.5 Å². The number of aromatic nitrogens is 8. The molecule has 33 heteroatoms. The van der Waals surface area contributed by atoms with Crippen molar-refractivity contribution in [2.75, 3.05) is 77.3 Å². The first-order valence-corrected chi connectivity index (χ1v) is 30.0. The third-order valence-corrected chi connectivity index (χ3v) is 17.0. The van der Waals surface area contributed by atoms with Gasteiger partial charge in [0.1, 0.15) is 49.1 Å². The normalized spacial score (nSPS) is 32.0. The van der Waals surface area contributed by atoms with Gasteiger partial charge < -0.3 is 74.3 Å². The Bertz CT molecular complexity index is 2900. The first kappa shape index (κ1) is 58.9. The molecule has 2 saturated carbocycles. The van der Waals surface area contributed by atoms with E-state index in [0.717, 1.165) is 26.3 Å². The van der Waals surface area contributed by atoms with Crippen molar-refractivity contribution in [1.82, 2.24) is 53.9 Å². The zero-order valence-corrected chi connectivity index (χ0v) is 46.8. The van der Waals surface area contributed by atoms with Crippen LogP contribution >= 0.6 is 15.6 Å². The second-order valence-electron chi connectivity index (χ2n) is 21.7. The van der Waals surface area contributed by atoms with E-state index in [2.05, 4.69) is 44.6 Å². The second-order valence-corrected chi connectivity index (χ2v) is 24.8. The maximum Gasteiger partial charge on any atom is 0.469 e. The van der Waals surface area contributed by atoms with Gasteiger partial charge in [-0.05, 0) is 53.4 Å². The summed E-state index contributed by atoms with van der Waals surface area (Å²) in [6.07, 6.45) is 12.1. The average molecular weight is 1170 g/mol. The molecule has 80 heavy (non-hydrogen) atoms. The van der Waals surface area contributed by atoms with Gasteiger partial charge >= 0.3 is 15.6 Å². The van der Waals surface area contributed by atoms with Gasteiger partial charge in [0.15, 0.2) is 65.1 Å². The van der Waals surface area contributed by atoms with Gasteiger partial charge in [-0.2, -0.15) is 0 Å². The number of hydrogen-bond donors (Lipinski definition) is 6. The van der Waals surface area contributed by atoms with Crippen LogP contribution in [0.1, 0.15) is 104 Å². The lowest BCUT2D eigenvalue weighted by molar-refractivity contribution is -0.263. The fourth-order valence-electron chi connectivity index (χ4n) is 11.1. The zero-order valence-electron chi connectivity index (χ0n) is 45.0. The number of alkyl halides is 2. The monoisotopic (exact) mass is 1170 g/mol. The van der Waals surface area contributed by atoms with E-state index >= 15 is 8.78 Å². The van der Waals surface area contributed by atoms with E-state index in [0.29, 0.717) is 28.8 Å². The Kier molecular flexibility index (Phi) is 17.5. The molecule has 4 aromatic heterocycles. The highest BCUT2D eigenvalue weighted by molar-refractivity contribution is 7.50. The maximum atomic E-state index is 16.1. The summed E-state index contributed by atoms with van der Waals surface area (Å²) in [6, 6.07) is 1.19. The number of phosphoric ester groups is 1. The van der Waals surface area contributed by atoms with Crippen LogP contribution < -0.4 is 16.8 Å². The lowest BCUT2D eigenvalue weighted by atomic mass is 9.95. The van der Waals surface area contributed by atoms with Gasteiger partial charge in [0, 0.05) is 32.2 Å². The summed E-state index contributed by atoms with van der Waals surface area (Å²) < 4.78 is 114. The first-order valence-electron chi connectivity index (χ1n) is 27.0. The highest BCUT2D eigenvalue weighted by atomic mass is 31.2. The zero-order chi connectivity index (χ0) is 56.7. The van der Waals surface area contributed by atoms with Crippen LogP contribution in [0.15, 0.2) is 30.3 Å². The summed E-state index contributed by atoms with van der Waals surface area (Å²) in [5, 5.41) is 3.79. The molecule has 0 bridgehead atoms. The molecule has 8 aliphatic rings. The van der Waals surface area contributed by atoms with E-state index in [1.807, 2.05) is 0 Å². The van der Waals surface area contributed by atoms with Gasteiger partial charge in [0.2, 0.25) is 0 Å². The quantitative estimate of drug-likeness (QED) is 0.0707. The van der Waals surface area contributed by atoms with Crippen molar-refractivity contribution in [3.8, 4) is 0 Å². The Labute approximate surface area is 459 Å². The van der Waals surface area contributed by atoms with Crippen LogP contribution in [0.2, 0.25) is 0 Å². The van der Waals surface area contributed by atoms with Crippen molar-refractivity contribution in [3.05, 3.63) is 25.3 Å². The number of nitrogens with two attached hydrogens (primary N) is 2. The SMILES string of the molecule is C1CCC(N=C(NC2CCCCC2)N2CCOCC2)CC1.CC1(C)OC2[C@H](n3cnc4c(N)ncnc43)O[C@](F)(COP(=O)(O)N3CCOCC3)[C@@H]2O1.CC1(C)OC2[C@H](n3cnc4c(N)ncnc43)O[C@](F)(COP(=O)(O)O)[C@@H]2O1. The molecule has 9 atom stereocenters. The maximum absolute atomic E-state index is 16.1. The number of nitrogens with one attached hydrogen (secondary N) is 1. The minimum absolute atomic E-state index is 0.133. The molecule has 0 radical (unpaired) electrons. The molecule has 2 aliphatic carbocycles. The van der Waals surface area contributed by atoms with Gasteiger partial charge in [-0.3, -0.25) is 18.2 Å². The molecule has 0 spiro atoms. The number of hydrogen-bond acceptors (Lipinski definition) is 21. The summed E-state index contributed by atoms with van der Waals surface area (Å²) in [5.74, 6) is -6.06. The number of morpholine rings is 2. The molecule has 8 N–H and O–H groups in total. The molecule has 4 aromatic rings. The average Bonchev–Trinajstić information content (AvgIpc) is 4.48. The lowest BCUT2D eigenvalue weighted by Crippen LogP contribution is -2.51. The topological polar surface area (TPSA) is 357 Å². The van der Waals surface area contributed by atoms with Crippen molar-refractivity contribution in [3.63, 3.8) is 0 Å². The number of nitrogens with zero attached hydrogens (tertiary/aromatic N) is 11. The minimum atomic E-state index is -4.93. The van der Waals surface area contributed by atoms with Crippen LogP contribution in [0, 0.1) is 0 Å². The number of fused-ring (bicyclic) bond motifs is 4. The predicted octanol–water partition coefficient (Wildman–Crippen LogP) is 3.73. The molecule has 8 fully saturated rings. The van der Waals surface area contributed by atoms with Crippen LogP contribution in [-0.4, -0.2) is 195 Å². The van der Waals surface area contributed by atoms with Gasteiger partial charge in [0.25, 0.3) is 11.7 Å². The molecular weight excluding hydrogens is 1100 g/mol. The number of phosphoric acid groups is 1. The number of ether oxygens (including phenoxy) is 8. The minimum Gasteiger partial charge on any atom is -0.382 e. The number of halogens is 2. The summed E-state index contributed by atoms with van der Waals surface area (Å²) in [7, 11) is -9.20. The highest BCUT2D eigenvalue weighted by Crippen LogP contribution is 2.54. The van der Waals surface area contributed by atoms with E-state index in [4.69, 9.17) is 68.7 Å². The summed E-state index contributed by atoms with van der Waals surface area (Å²) >= 11 is 0. The summed E-state index contributed by atoms with van der Waals surface area (Å²) in [6.45, 7) is 9.15. The number of guanidine groups is 1. The third-order valence-electron chi connectivity index (χ3n) is 15.0. The van der Waals surface area contributed by atoms with E-state index in [1.165, 1.54) is 109 Å². The molecule has 29 nitrogen and oxygen atoms in total. The van der Waals surface area contributed by atoms with Crippen molar-refractivity contribution < 1.29 is 79.5 Å². The Morgan fingerprint density at radius 3 is 1.61 bits per heavy atom. The van der Waals surface area contributed by atoms with Gasteiger partial charge in [0.05, 0.1) is 45.1 Å². The Balaban J connectivity index is 0.000000138. The first-order chi connectivity index (χ1) is 38.0. The molecule has 0 aromatic carbocycles. The van der Waals surface area contributed by atoms with Crippen LogP contribution in [-0.2, 0) is 56.1 Å². The fraction of sp³-hybridized carbons (Fsp3) is 0.766. The smallest absolute Gasteiger partial charge is 0.382 e. The Morgan fingerprint density at radius 2 is 1.12 bits per heavy atom. The molecule has 10 heterocycles. The number of anilines is 2. The van der Waals surface area contributed by atoms with Crippen LogP contribution in [0.3, 0.4) is 0 Å². The Morgan fingerprint density at radius 1 is 0.662 bits per heavy atom. The van der Waals surface area contributed by atoms with Gasteiger partial charge in [-0.15, -0.1) is 0 Å². The molecule has 0 amide bonds. The van der Waals surface area contributed by atoms with E-state index in [9.17, 15) is 14.0 Å². The van der Waals surface area contributed by atoms with Crippen LogP contribution in [0.5, 0.6) is 0 Å². The van der Waals surface area contributed by atoms with Crippen LogP contribution in [0.25, 0.3) is 22.3 Å². The lowest BCUT2D eigenvalue weighted by Gasteiger charge is -2.34. The standard InChI is InChI=1S/C17H24FN6O7P.C17H31N3O.C13H17FN5O7P/c1-16(2)29-11-12(30-16)17(18,7-28-32(25,26)23-3-5-27-6-4-23)31-15(11)24-9-22-10-13(19)20-8-21-14(10)24;1-3-7-15(8-4-1)18-17(20-11-13-21-14-12-20)19-16-9-5-2-6-10-16;1-12(2)24-7-8(25-12)13(14,3-23-27(20,21)22)26-11(7)19-5-18-6-9(15)16-4-17-10(6)19/h8-9,11-12,15H,3-7H2,1-2H3,(H,25,26)(H2,19,20,21);15-16H,1-14H2,(H,18,19);4-5,7-8,11H,3H2,1-2H3,(H2,15,16,17)(H2,20,21,22)/t11?,12-,15-,17-;;7?,8-,11-,13-/m1.1/s1. The summed E-state index contributed by atoms with van der Waals surface area (Å²) in [4.78, 5) is 60.0. The van der Waals surface area contributed by atoms with Gasteiger partial charge in [-0.1, -0.05) is 38.5 Å².